The molecule has 2 bridgehead atoms. The van der Waals surface area contributed by atoms with E-state index in [9.17, 15) is 4.79 Å². The van der Waals surface area contributed by atoms with Gasteiger partial charge in [-0.05, 0) is 56.1 Å². The van der Waals surface area contributed by atoms with Gasteiger partial charge in [-0.3, -0.25) is 4.79 Å². The van der Waals surface area contributed by atoms with Crippen molar-refractivity contribution in [1.29, 1.82) is 0 Å². The van der Waals surface area contributed by atoms with E-state index in [2.05, 4.69) is 12.2 Å². The third kappa shape index (κ3) is 2.56. The lowest BCUT2D eigenvalue weighted by atomic mass is 9.84. The van der Waals surface area contributed by atoms with Gasteiger partial charge in [-0.15, -0.1) is 0 Å². The van der Waals surface area contributed by atoms with Gasteiger partial charge in [0.1, 0.15) is 0 Å². The van der Waals surface area contributed by atoms with Gasteiger partial charge in [-0.25, -0.2) is 0 Å². The van der Waals surface area contributed by atoms with Crippen LogP contribution in [0.15, 0.2) is 18.2 Å². The largest absolute Gasteiger partial charge is 0.349 e. The fourth-order valence-corrected chi connectivity index (χ4v) is 4.58. The number of rotatable bonds is 3. The van der Waals surface area contributed by atoms with E-state index in [0.717, 1.165) is 11.8 Å². The second kappa shape index (κ2) is 5.57. The molecule has 4 unspecified atom stereocenters. The standard InChI is InChI=1S/C16H19Cl2NO/c1-9(12-8-10-5-6-11(12)7-10)19-16(20)15-13(17)3-2-4-14(15)18/h2-4,9-12H,5-8H2,1H3,(H,19,20). The Morgan fingerprint density at radius 2 is 1.95 bits per heavy atom. The number of benzene rings is 1. The lowest BCUT2D eigenvalue weighted by molar-refractivity contribution is 0.0915. The molecule has 3 rings (SSSR count). The molecule has 1 aromatic rings. The second-order valence-electron chi connectivity index (χ2n) is 6.20. The van der Waals surface area contributed by atoms with Gasteiger partial charge in [0.05, 0.1) is 15.6 Å². The van der Waals surface area contributed by atoms with E-state index in [0.29, 0.717) is 21.5 Å². The van der Waals surface area contributed by atoms with E-state index < -0.39 is 0 Å². The molecular weight excluding hydrogens is 293 g/mol. The highest BCUT2D eigenvalue weighted by molar-refractivity contribution is 6.39. The fourth-order valence-electron chi connectivity index (χ4n) is 4.01. The van der Waals surface area contributed by atoms with E-state index in [-0.39, 0.29) is 11.9 Å². The van der Waals surface area contributed by atoms with Gasteiger partial charge in [0.25, 0.3) is 5.91 Å². The number of carbonyl (C=O) groups excluding carboxylic acids is 1. The van der Waals surface area contributed by atoms with Crippen LogP contribution in [0, 0.1) is 17.8 Å². The van der Waals surface area contributed by atoms with E-state index in [1.54, 1.807) is 18.2 Å². The average Bonchev–Trinajstić information content (AvgIpc) is 3.00. The van der Waals surface area contributed by atoms with Gasteiger partial charge < -0.3 is 5.32 Å². The Labute approximate surface area is 129 Å². The van der Waals surface area contributed by atoms with Crippen LogP contribution in [0.2, 0.25) is 10.0 Å². The monoisotopic (exact) mass is 311 g/mol. The van der Waals surface area contributed by atoms with Crippen LogP contribution in [0.4, 0.5) is 0 Å². The summed E-state index contributed by atoms with van der Waals surface area (Å²) in [5.74, 6) is 2.13. The highest BCUT2D eigenvalue weighted by Crippen LogP contribution is 2.49. The zero-order chi connectivity index (χ0) is 14.3. The third-order valence-electron chi connectivity index (χ3n) is 4.98. The van der Waals surface area contributed by atoms with Crippen molar-refractivity contribution in [3.8, 4) is 0 Å². The van der Waals surface area contributed by atoms with Crippen LogP contribution in [-0.2, 0) is 0 Å². The average molecular weight is 312 g/mol. The summed E-state index contributed by atoms with van der Waals surface area (Å²) in [6.45, 7) is 2.11. The molecule has 1 amide bonds. The number of amides is 1. The summed E-state index contributed by atoms with van der Waals surface area (Å²) in [5.41, 5.74) is 0.394. The maximum Gasteiger partial charge on any atom is 0.254 e. The normalized spacial score (nSPS) is 29.4. The van der Waals surface area contributed by atoms with Crippen LogP contribution in [0.5, 0.6) is 0 Å². The first-order chi connectivity index (χ1) is 9.56. The van der Waals surface area contributed by atoms with Crippen molar-refractivity contribution < 1.29 is 4.79 Å². The van der Waals surface area contributed by atoms with Crippen LogP contribution < -0.4 is 5.32 Å². The van der Waals surface area contributed by atoms with Gasteiger partial charge in [-0.1, -0.05) is 35.7 Å². The summed E-state index contributed by atoms with van der Waals surface area (Å²) >= 11 is 12.2. The van der Waals surface area contributed by atoms with E-state index in [1.165, 1.54) is 25.7 Å². The molecule has 4 atom stereocenters. The maximum atomic E-state index is 12.4. The van der Waals surface area contributed by atoms with Crippen LogP contribution in [0.3, 0.4) is 0 Å². The first-order valence-corrected chi connectivity index (χ1v) is 8.06. The fraction of sp³-hybridized carbons (Fsp3) is 0.562. The molecule has 2 aliphatic rings. The third-order valence-corrected chi connectivity index (χ3v) is 5.61. The van der Waals surface area contributed by atoms with Crippen LogP contribution in [0.1, 0.15) is 43.0 Å². The Morgan fingerprint density at radius 1 is 1.25 bits per heavy atom. The molecule has 4 heteroatoms. The van der Waals surface area contributed by atoms with Gasteiger partial charge in [0.2, 0.25) is 0 Å². The van der Waals surface area contributed by atoms with E-state index >= 15 is 0 Å². The molecule has 0 spiro atoms. The smallest absolute Gasteiger partial charge is 0.254 e. The molecule has 2 nitrogen and oxygen atoms in total. The van der Waals surface area contributed by atoms with Crippen molar-refractivity contribution in [3.05, 3.63) is 33.8 Å². The second-order valence-corrected chi connectivity index (χ2v) is 7.01. The molecule has 108 valence electrons. The molecular formula is C16H19Cl2NO. The Morgan fingerprint density at radius 3 is 2.50 bits per heavy atom. The number of hydrogen-bond donors (Lipinski definition) is 1. The van der Waals surface area contributed by atoms with Crippen molar-refractivity contribution in [2.45, 2.75) is 38.6 Å². The zero-order valence-electron chi connectivity index (χ0n) is 11.5. The van der Waals surface area contributed by atoms with Crippen LogP contribution in [-0.4, -0.2) is 11.9 Å². The SMILES string of the molecule is CC(NC(=O)c1c(Cl)cccc1Cl)C1CC2CCC1C2. The lowest BCUT2D eigenvalue weighted by Gasteiger charge is -2.28. The summed E-state index contributed by atoms with van der Waals surface area (Å²) in [6, 6.07) is 5.33. The lowest BCUT2D eigenvalue weighted by Crippen LogP contribution is -2.40. The minimum atomic E-state index is -0.157. The molecule has 0 aliphatic heterocycles. The summed E-state index contributed by atoms with van der Waals surface area (Å²) < 4.78 is 0. The summed E-state index contributed by atoms with van der Waals surface area (Å²) in [6.07, 6.45) is 5.29. The van der Waals surface area contributed by atoms with Gasteiger partial charge in [-0.2, -0.15) is 0 Å². The summed E-state index contributed by atoms with van der Waals surface area (Å²) in [7, 11) is 0. The number of hydrogen-bond acceptors (Lipinski definition) is 1. The van der Waals surface area contributed by atoms with Gasteiger partial charge in [0.15, 0.2) is 0 Å². The number of fused-ring (bicyclic) bond motifs is 2. The molecule has 1 N–H and O–H groups in total. The Kier molecular flexibility index (Phi) is 3.96. The first-order valence-electron chi connectivity index (χ1n) is 7.31. The van der Waals surface area contributed by atoms with Crippen LogP contribution in [0.25, 0.3) is 0 Å². The van der Waals surface area contributed by atoms with Crippen molar-refractivity contribution in [1.82, 2.24) is 5.32 Å². The molecule has 1 aromatic carbocycles. The molecule has 2 fully saturated rings. The Balaban J connectivity index is 1.70. The molecule has 2 aliphatic carbocycles. The number of carbonyl (C=O) groups is 1. The highest BCUT2D eigenvalue weighted by Gasteiger charge is 2.42. The topological polar surface area (TPSA) is 29.1 Å². The molecule has 2 saturated carbocycles. The Hall–Kier alpha value is -0.730. The Bertz CT molecular complexity index is 511. The molecule has 0 saturated heterocycles. The van der Waals surface area contributed by atoms with E-state index in [4.69, 9.17) is 23.2 Å². The molecule has 20 heavy (non-hydrogen) atoms. The summed E-state index contributed by atoms with van der Waals surface area (Å²) in [4.78, 5) is 12.4. The van der Waals surface area contributed by atoms with Crippen molar-refractivity contribution in [2.75, 3.05) is 0 Å². The minimum Gasteiger partial charge on any atom is -0.349 e. The zero-order valence-corrected chi connectivity index (χ0v) is 13.0. The van der Waals surface area contributed by atoms with Crippen molar-refractivity contribution in [3.63, 3.8) is 0 Å². The van der Waals surface area contributed by atoms with Gasteiger partial charge >= 0.3 is 0 Å². The first kappa shape index (κ1) is 14.2. The van der Waals surface area contributed by atoms with Gasteiger partial charge in [0, 0.05) is 6.04 Å². The van der Waals surface area contributed by atoms with Crippen LogP contribution >= 0.6 is 23.2 Å². The highest BCUT2D eigenvalue weighted by atomic mass is 35.5. The predicted molar refractivity (Wildman–Crippen MR) is 82.3 cm³/mol. The molecule has 0 aromatic heterocycles. The predicted octanol–water partition coefficient (Wildman–Crippen LogP) is 4.55. The van der Waals surface area contributed by atoms with Crippen molar-refractivity contribution in [2.24, 2.45) is 17.8 Å². The quantitative estimate of drug-likeness (QED) is 0.872. The molecule has 0 radical (unpaired) electrons. The number of halogens is 2. The minimum absolute atomic E-state index is 0.157. The van der Waals surface area contributed by atoms with E-state index in [1.807, 2.05) is 0 Å². The van der Waals surface area contributed by atoms with Crippen molar-refractivity contribution >= 4 is 29.1 Å². The maximum absolute atomic E-state index is 12.4. The number of nitrogens with one attached hydrogen (secondary N) is 1. The molecule has 0 heterocycles. The summed E-state index contributed by atoms with van der Waals surface area (Å²) in [5, 5.41) is 3.92.